The first-order chi connectivity index (χ1) is 12.5. The first-order valence-electron chi connectivity index (χ1n) is 7.98. The Hall–Kier alpha value is -2.17. The van der Waals surface area contributed by atoms with Crippen LogP contribution >= 0.6 is 11.3 Å². The highest BCUT2D eigenvalue weighted by atomic mass is 32.2. The van der Waals surface area contributed by atoms with Gasteiger partial charge in [-0.15, -0.1) is 21.5 Å². The number of thiazole rings is 1. The standard InChI is InChI=1S/C16H15FN4O3S2/c1-10-14(25-9-18-10)16-20-19-15(24-16)13-6-3-7-21(13)26(22,23)12-5-2-4-11(17)8-12/h2,4-5,8-9,13H,3,6-7H2,1H3. The van der Waals surface area contributed by atoms with Gasteiger partial charge in [-0.3, -0.25) is 0 Å². The summed E-state index contributed by atoms with van der Waals surface area (Å²) in [5.41, 5.74) is 2.46. The van der Waals surface area contributed by atoms with Crippen LogP contribution in [0, 0.1) is 12.7 Å². The number of aromatic nitrogens is 3. The van der Waals surface area contributed by atoms with E-state index in [-0.39, 0.29) is 10.8 Å². The molecule has 136 valence electrons. The summed E-state index contributed by atoms with van der Waals surface area (Å²) in [6.07, 6.45) is 1.23. The number of halogens is 1. The van der Waals surface area contributed by atoms with Crippen LogP contribution in [0.3, 0.4) is 0 Å². The second-order valence-corrected chi connectivity index (χ2v) is 8.69. The Morgan fingerprint density at radius 1 is 1.35 bits per heavy atom. The molecule has 0 N–H and O–H groups in total. The van der Waals surface area contributed by atoms with E-state index in [1.54, 1.807) is 5.51 Å². The SMILES string of the molecule is Cc1ncsc1-c1nnc(C2CCCN2S(=O)(=O)c2cccc(F)c2)o1. The fourth-order valence-electron chi connectivity index (χ4n) is 3.01. The van der Waals surface area contributed by atoms with Gasteiger partial charge in [0.25, 0.3) is 5.89 Å². The van der Waals surface area contributed by atoms with Crippen LogP contribution in [-0.2, 0) is 10.0 Å². The molecule has 0 radical (unpaired) electrons. The Morgan fingerprint density at radius 3 is 2.92 bits per heavy atom. The first kappa shape index (κ1) is 17.3. The average Bonchev–Trinajstić information content (AvgIpc) is 3.34. The van der Waals surface area contributed by atoms with Crippen molar-refractivity contribution < 1.29 is 17.2 Å². The van der Waals surface area contributed by atoms with Gasteiger partial charge in [-0.2, -0.15) is 4.31 Å². The molecule has 0 spiro atoms. The maximum absolute atomic E-state index is 13.5. The van der Waals surface area contributed by atoms with Gasteiger partial charge >= 0.3 is 0 Å². The van der Waals surface area contributed by atoms with E-state index in [0.717, 1.165) is 16.6 Å². The van der Waals surface area contributed by atoms with Gasteiger partial charge < -0.3 is 4.42 Å². The quantitative estimate of drug-likeness (QED) is 0.675. The molecular formula is C16H15FN4O3S2. The molecule has 26 heavy (non-hydrogen) atoms. The van der Waals surface area contributed by atoms with E-state index in [9.17, 15) is 12.8 Å². The van der Waals surface area contributed by atoms with Gasteiger partial charge in [0.15, 0.2) is 0 Å². The summed E-state index contributed by atoms with van der Waals surface area (Å²) in [6.45, 7) is 2.16. The zero-order valence-electron chi connectivity index (χ0n) is 13.8. The van der Waals surface area contributed by atoms with Crippen molar-refractivity contribution in [2.75, 3.05) is 6.54 Å². The van der Waals surface area contributed by atoms with Crippen LogP contribution in [0.4, 0.5) is 4.39 Å². The smallest absolute Gasteiger partial charge is 0.259 e. The molecule has 1 unspecified atom stereocenters. The van der Waals surface area contributed by atoms with Crippen LogP contribution in [0.25, 0.3) is 10.8 Å². The third-order valence-electron chi connectivity index (χ3n) is 4.27. The molecule has 1 atom stereocenters. The molecule has 1 fully saturated rings. The number of rotatable bonds is 4. The van der Waals surface area contributed by atoms with Gasteiger partial charge in [-0.1, -0.05) is 6.07 Å². The van der Waals surface area contributed by atoms with Crippen molar-refractivity contribution in [3.8, 4) is 10.8 Å². The molecule has 0 saturated carbocycles. The second-order valence-electron chi connectivity index (χ2n) is 5.94. The summed E-state index contributed by atoms with van der Waals surface area (Å²) in [4.78, 5) is 4.83. The molecule has 0 bridgehead atoms. The van der Waals surface area contributed by atoms with Crippen LogP contribution in [0.15, 0.2) is 39.1 Å². The minimum Gasteiger partial charge on any atom is -0.418 e. The van der Waals surface area contributed by atoms with Crippen molar-refractivity contribution in [2.45, 2.75) is 30.7 Å². The summed E-state index contributed by atoms with van der Waals surface area (Å²) in [7, 11) is -3.86. The monoisotopic (exact) mass is 394 g/mol. The van der Waals surface area contributed by atoms with Crippen molar-refractivity contribution in [3.63, 3.8) is 0 Å². The van der Waals surface area contributed by atoms with Gasteiger partial charge in [0.2, 0.25) is 15.9 Å². The summed E-state index contributed by atoms with van der Waals surface area (Å²) in [5, 5.41) is 8.09. The Morgan fingerprint density at radius 2 is 2.19 bits per heavy atom. The van der Waals surface area contributed by atoms with Gasteiger partial charge in [0.05, 0.1) is 16.1 Å². The predicted molar refractivity (Wildman–Crippen MR) is 92.4 cm³/mol. The number of sulfonamides is 1. The van der Waals surface area contributed by atoms with Crippen LogP contribution in [0.2, 0.25) is 0 Å². The summed E-state index contributed by atoms with van der Waals surface area (Å²) < 4.78 is 46.4. The van der Waals surface area contributed by atoms with Crippen LogP contribution in [0.1, 0.15) is 30.5 Å². The van der Waals surface area contributed by atoms with Crippen LogP contribution in [-0.4, -0.2) is 34.4 Å². The Labute approximate surface area is 153 Å². The summed E-state index contributed by atoms with van der Waals surface area (Å²) >= 11 is 1.38. The van der Waals surface area contributed by atoms with E-state index in [1.807, 2.05) is 6.92 Å². The molecule has 0 aliphatic carbocycles. The van der Waals surface area contributed by atoms with Crippen LogP contribution < -0.4 is 0 Å². The molecule has 4 rings (SSSR count). The van der Waals surface area contributed by atoms with E-state index in [1.165, 1.54) is 33.8 Å². The molecule has 1 aliphatic rings. The predicted octanol–water partition coefficient (Wildman–Crippen LogP) is 3.17. The molecule has 1 aromatic carbocycles. The molecule has 1 saturated heterocycles. The number of nitrogens with zero attached hydrogens (tertiary/aromatic N) is 4. The van der Waals surface area contributed by atoms with Crippen molar-refractivity contribution in [2.24, 2.45) is 0 Å². The number of benzene rings is 1. The van der Waals surface area contributed by atoms with E-state index in [0.29, 0.717) is 25.3 Å². The zero-order valence-corrected chi connectivity index (χ0v) is 15.4. The topological polar surface area (TPSA) is 89.2 Å². The third kappa shape index (κ3) is 2.93. The normalized spacial score (nSPS) is 18.5. The van der Waals surface area contributed by atoms with Crippen molar-refractivity contribution in [1.82, 2.24) is 19.5 Å². The third-order valence-corrected chi connectivity index (χ3v) is 7.09. The van der Waals surface area contributed by atoms with Gasteiger partial charge in [0, 0.05) is 6.54 Å². The number of hydrogen-bond donors (Lipinski definition) is 0. The maximum atomic E-state index is 13.5. The van der Waals surface area contributed by atoms with Crippen molar-refractivity contribution in [1.29, 1.82) is 0 Å². The minimum atomic E-state index is -3.86. The highest BCUT2D eigenvalue weighted by Gasteiger charge is 2.39. The minimum absolute atomic E-state index is 0.0811. The van der Waals surface area contributed by atoms with E-state index >= 15 is 0 Å². The van der Waals surface area contributed by atoms with Gasteiger partial charge in [0.1, 0.15) is 16.7 Å². The Kier molecular flexibility index (Phi) is 4.33. The molecule has 2 aromatic heterocycles. The number of aryl methyl sites for hydroxylation is 1. The van der Waals surface area contributed by atoms with Gasteiger partial charge in [-0.25, -0.2) is 17.8 Å². The molecule has 1 aliphatic heterocycles. The van der Waals surface area contributed by atoms with Gasteiger partial charge in [-0.05, 0) is 38.0 Å². The zero-order chi connectivity index (χ0) is 18.3. The van der Waals surface area contributed by atoms with E-state index < -0.39 is 21.9 Å². The van der Waals surface area contributed by atoms with E-state index in [2.05, 4.69) is 15.2 Å². The summed E-state index contributed by atoms with van der Waals surface area (Å²) in [6, 6.07) is 4.43. The highest BCUT2D eigenvalue weighted by Crippen LogP contribution is 2.37. The Bertz CT molecular complexity index is 1050. The lowest BCUT2D eigenvalue weighted by atomic mass is 10.2. The van der Waals surface area contributed by atoms with Crippen LogP contribution in [0.5, 0.6) is 0 Å². The van der Waals surface area contributed by atoms with E-state index in [4.69, 9.17) is 4.42 Å². The molecule has 10 heteroatoms. The fraction of sp³-hybridized carbons (Fsp3) is 0.312. The van der Waals surface area contributed by atoms with Crippen molar-refractivity contribution in [3.05, 3.63) is 47.2 Å². The first-order valence-corrected chi connectivity index (χ1v) is 10.3. The molecule has 7 nitrogen and oxygen atoms in total. The largest absolute Gasteiger partial charge is 0.418 e. The number of hydrogen-bond acceptors (Lipinski definition) is 7. The Balaban J connectivity index is 1.67. The lowest BCUT2D eigenvalue weighted by molar-refractivity contribution is 0.332. The lowest BCUT2D eigenvalue weighted by Gasteiger charge is -2.21. The average molecular weight is 394 g/mol. The molecule has 0 amide bonds. The highest BCUT2D eigenvalue weighted by molar-refractivity contribution is 7.89. The maximum Gasteiger partial charge on any atom is 0.259 e. The second kappa shape index (κ2) is 6.53. The van der Waals surface area contributed by atoms with Crippen molar-refractivity contribution >= 4 is 21.4 Å². The molecule has 3 aromatic rings. The molecular weight excluding hydrogens is 379 g/mol. The molecule has 3 heterocycles. The lowest BCUT2D eigenvalue weighted by Crippen LogP contribution is -2.31. The fourth-order valence-corrected chi connectivity index (χ4v) is 5.41. The summed E-state index contributed by atoms with van der Waals surface area (Å²) in [5.74, 6) is -0.0251.